The lowest BCUT2D eigenvalue weighted by atomic mass is 10.2. The average Bonchev–Trinajstić information content (AvgIpc) is 3.02. The Kier molecular flexibility index (Phi) is 6.41. The number of nitrogens with one attached hydrogen (secondary N) is 1. The van der Waals surface area contributed by atoms with E-state index in [4.69, 9.17) is 9.72 Å². The van der Waals surface area contributed by atoms with Crippen LogP contribution in [-0.4, -0.2) is 34.9 Å². The number of carbonyl (C=O) groups excluding carboxylic acids is 1. The molecule has 28 heavy (non-hydrogen) atoms. The molecular formula is C20H23N3O3S2. The minimum Gasteiger partial charge on any atom is -0.497 e. The van der Waals surface area contributed by atoms with Crippen molar-refractivity contribution in [3.63, 3.8) is 0 Å². The number of aromatic nitrogens is 2. The molecule has 0 spiro atoms. The number of aryl methyl sites for hydroxylation is 2. The number of fused-ring (bicyclic) bond motifs is 1. The first-order valence-corrected chi connectivity index (χ1v) is 10.9. The molecule has 0 aliphatic heterocycles. The van der Waals surface area contributed by atoms with Crippen molar-refractivity contribution in [1.82, 2.24) is 14.9 Å². The maximum Gasteiger partial charge on any atom is 0.267 e. The number of nitrogens with zero attached hydrogens (tertiary/aromatic N) is 2. The fraction of sp³-hybridized carbons (Fsp3) is 0.350. The molecule has 0 aliphatic rings. The van der Waals surface area contributed by atoms with Crippen molar-refractivity contribution < 1.29 is 9.53 Å². The van der Waals surface area contributed by atoms with Crippen LogP contribution < -0.4 is 15.6 Å². The first-order valence-electron chi connectivity index (χ1n) is 9.09. The third-order valence-corrected chi connectivity index (χ3v) is 6.64. The van der Waals surface area contributed by atoms with E-state index in [9.17, 15) is 9.59 Å². The van der Waals surface area contributed by atoms with Crippen molar-refractivity contribution in [3.05, 3.63) is 45.1 Å². The molecular weight excluding hydrogens is 394 g/mol. The maximum absolute atomic E-state index is 13.4. The summed E-state index contributed by atoms with van der Waals surface area (Å²) in [6.07, 6.45) is 0.854. The lowest BCUT2D eigenvalue weighted by Crippen LogP contribution is -2.26. The number of ether oxygens (including phenoxy) is 1. The van der Waals surface area contributed by atoms with Gasteiger partial charge in [-0.3, -0.25) is 14.2 Å². The van der Waals surface area contributed by atoms with Crippen LogP contribution in [0.5, 0.6) is 5.75 Å². The summed E-state index contributed by atoms with van der Waals surface area (Å²) in [5.41, 5.74) is 1.53. The molecule has 148 valence electrons. The molecule has 0 saturated heterocycles. The fourth-order valence-corrected chi connectivity index (χ4v) is 5.00. The Balaban J connectivity index is 2.20. The minimum atomic E-state index is -0.120. The summed E-state index contributed by atoms with van der Waals surface area (Å²) < 4.78 is 6.89. The van der Waals surface area contributed by atoms with Gasteiger partial charge in [0.05, 0.1) is 23.9 Å². The van der Waals surface area contributed by atoms with E-state index in [2.05, 4.69) is 12.2 Å². The van der Waals surface area contributed by atoms with E-state index in [1.807, 2.05) is 32.0 Å². The normalized spacial score (nSPS) is 11.0. The molecule has 0 radical (unpaired) electrons. The van der Waals surface area contributed by atoms with Crippen molar-refractivity contribution >= 4 is 39.2 Å². The van der Waals surface area contributed by atoms with Crippen LogP contribution in [0.25, 0.3) is 15.9 Å². The minimum absolute atomic E-state index is 0.0874. The molecule has 0 atom stereocenters. The number of carbonyl (C=O) groups is 1. The molecule has 1 N–H and O–H groups in total. The molecule has 0 bridgehead atoms. The number of hydrogen-bond acceptors (Lipinski definition) is 6. The molecule has 1 amide bonds. The van der Waals surface area contributed by atoms with Gasteiger partial charge >= 0.3 is 0 Å². The number of methoxy groups -OCH3 is 1. The van der Waals surface area contributed by atoms with E-state index in [-0.39, 0.29) is 17.2 Å². The number of thiophene rings is 1. The van der Waals surface area contributed by atoms with E-state index >= 15 is 0 Å². The zero-order valence-electron chi connectivity index (χ0n) is 16.4. The van der Waals surface area contributed by atoms with Crippen molar-refractivity contribution in [2.75, 3.05) is 19.4 Å². The van der Waals surface area contributed by atoms with E-state index < -0.39 is 0 Å². The highest BCUT2D eigenvalue weighted by Crippen LogP contribution is 2.31. The predicted molar refractivity (Wildman–Crippen MR) is 115 cm³/mol. The molecule has 8 heteroatoms. The molecule has 0 fully saturated rings. The largest absolute Gasteiger partial charge is 0.497 e. The van der Waals surface area contributed by atoms with Crippen molar-refractivity contribution in [3.8, 4) is 11.4 Å². The van der Waals surface area contributed by atoms with Crippen LogP contribution in [0.1, 0.15) is 24.3 Å². The zero-order chi connectivity index (χ0) is 20.3. The molecule has 3 aromatic rings. The highest BCUT2D eigenvalue weighted by molar-refractivity contribution is 7.99. The van der Waals surface area contributed by atoms with Crippen LogP contribution >= 0.6 is 23.1 Å². The van der Waals surface area contributed by atoms with Crippen molar-refractivity contribution in [2.45, 2.75) is 32.3 Å². The number of amides is 1. The van der Waals surface area contributed by atoms with Crippen LogP contribution in [-0.2, 0) is 11.2 Å². The third kappa shape index (κ3) is 3.93. The molecule has 3 rings (SSSR count). The highest BCUT2D eigenvalue weighted by Gasteiger charge is 2.19. The Morgan fingerprint density at radius 3 is 2.82 bits per heavy atom. The van der Waals surface area contributed by atoms with E-state index in [1.165, 1.54) is 11.8 Å². The van der Waals surface area contributed by atoms with Gasteiger partial charge in [-0.2, -0.15) is 0 Å². The first kappa shape index (κ1) is 20.4. The lowest BCUT2D eigenvalue weighted by Gasteiger charge is -2.13. The van der Waals surface area contributed by atoms with E-state index in [1.54, 1.807) is 29.1 Å². The van der Waals surface area contributed by atoms with Gasteiger partial charge < -0.3 is 10.1 Å². The van der Waals surface area contributed by atoms with Crippen LogP contribution in [0, 0.1) is 6.92 Å². The Morgan fingerprint density at radius 2 is 2.14 bits per heavy atom. The van der Waals surface area contributed by atoms with Crippen LogP contribution in [0.2, 0.25) is 0 Å². The van der Waals surface area contributed by atoms with Crippen molar-refractivity contribution in [2.24, 2.45) is 0 Å². The molecule has 6 nitrogen and oxygen atoms in total. The lowest BCUT2D eigenvalue weighted by molar-refractivity contribution is -0.118. The summed E-state index contributed by atoms with van der Waals surface area (Å²) in [6, 6.07) is 7.30. The van der Waals surface area contributed by atoms with Gasteiger partial charge in [0, 0.05) is 17.5 Å². The SMILES string of the molecule is CCNC(=O)CSc1nc2sc(CC)c(C)c2c(=O)n1-c1cccc(OC)c1. The van der Waals surface area contributed by atoms with E-state index in [0.29, 0.717) is 28.5 Å². The van der Waals surface area contributed by atoms with Gasteiger partial charge in [-0.1, -0.05) is 24.8 Å². The van der Waals surface area contributed by atoms with Gasteiger partial charge in [-0.25, -0.2) is 4.98 Å². The summed E-state index contributed by atoms with van der Waals surface area (Å²) in [7, 11) is 1.59. The number of hydrogen-bond donors (Lipinski definition) is 1. The summed E-state index contributed by atoms with van der Waals surface area (Å²) >= 11 is 2.81. The van der Waals surface area contributed by atoms with Crippen molar-refractivity contribution in [1.29, 1.82) is 0 Å². The predicted octanol–water partition coefficient (Wildman–Crippen LogP) is 3.55. The number of rotatable bonds is 7. The van der Waals surface area contributed by atoms with Gasteiger partial charge in [-0.15, -0.1) is 11.3 Å². The quantitative estimate of drug-likeness (QED) is 0.470. The number of benzene rings is 1. The Labute approximate surface area is 171 Å². The van der Waals surface area contributed by atoms with Crippen LogP contribution in [0.15, 0.2) is 34.2 Å². The molecule has 0 saturated carbocycles. The van der Waals surface area contributed by atoms with Gasteiger partial charge in [-0.05, 0) is 38.0 Å². The van der Waals surface area contributed by atoms with E-state index in [0.717, 1.165) is 21.7 Å². The highest BCUT2D eigenvalue weighted by atomic mass is 32.2. The molecule has 2 aromatic heterocycles. The fourth-order valence-electron chi connectivity index (χ4n) is 3.00. The second kappa shape index (κ2) is 8.79. The standard InChI is InChI=1S/C20H23N3O3S2/c1-5-15-12(3)17-18(28-15)22-20(27-11-16(24)21-6-2)23(19(17)25)13-8-7-9-14(10-13)26-4/h7-10H,5-6,11H2,1-4H3,(H,21,24). The Hall–Kier alpha value is -2.32. The summed E-state index contributed by atoms with van der Waals surface area (Å²) in [4.78, 5) is 32.0. The Morgan fingerprint density at radius 1 is 1.36 bits per heavy atom. The Bertz CT molecular complexity index is 1070. The monoisotopic (exact) mass is 417 g/mol. The third-order valence-electron chi connectivity index (χ3n) is 4.37. The second-order valence-corrected chi connectivity index (χ2v) is 8.19. The van der Waals surface area contributed by atoms with Gasteiger partial charge in [0.15, 0.2) is 5.16 Å². The van der Waals surface area contributed by atoms with Gasteiger partial charge in [0.2, 0.25) is 5.91 Å². The van der Waals surface area contributed by atoms with Crippen LogP contribution in [0.3, 0.4) is 0 Å². The first-order chi connectivity index (χ1) is 13.5. The second-order valence-electron chi connectivity index (χ2n) is 6.16. The molecule has 1 aromatic carbocycles. The van der Waals surface area contributed by atoms with Gasteiger partial charge in [0.25, 0.3) is 5.56 Å². The molecule has 0 aliphatic carbocycles. The maximum atomic E-state index is 13.4. The zero-order valence-corrected chi connectivity index (χ0v) is 18.0. The molecule has 0 unspecified atom stereocenters. The summed E-state index contributed by atoms with van der Waals surface area (Å²) in [5.74, 6) is 0.761. The van der Waals surface area contributed by atoms with Gasteiger partial charge in [0.1, 0.15) is 10.6 Å². The smallest absolute Gasteiger partial charge is 0.267 e. The topological polar surface area (TPSA) is 73.2 Å². The van der Waals surface area contributed by atoms with Crippen LogP contribution in [0.4, 0.5) is 0 Å². The average molecular weight is 418 g/mol. The number of thioether (sulfide) groups is 1. The molecule has 2 heterocycles. The summed E-state index contributed by atoms with van der Waals surface area (Å²) in [5, 5.41) is 3.92. The summed E-state index contributed by atoms with van der Waals surface area (Å²) in [6.45, 7) is 6.49.